The van der Waals surface area contributed by atoms with E-state index in [2.05, 4.69) is 27.3 Å². The first-order valence-electron chi connectivity index (χ1n) is 6.57. The van der Waals surface area contributed by atoms with Gasteiger partial charge in [0.05, 0.1) is 6.07 Å². The van der Waals surface area contributed by atoms with Crippen molar-refractivity contribution in [1.29, 1.82) is 5.26 Å². The molecule has 106 valence electrons. The Bertz CT molecular complexity index is 697. The van der Waals surface area contributed by atoms with E-state index in [0.29, 0.717) is 19.0 Å². The quantitative estimate of drug-likeness (QED) is 0.917. The van der Waals surface area contributed by atoms with Crippen LogP contribution < -0.4 is 14.8 Å². The molecule has 3 rings (SSSR count). The molecule has 0 radical (unpaired) electrons. The number of anilines is 1. The lowest BCUT2D eigenvalue weighted by Crippen LogP contribution is -2.16. The van der Waals surface area contributed by atoms with Gasteiger partial charge in [-0.25, -0.2) is 0 Å². The highest BCUT2D eigenvalue weighted by molar-refractivity contribution is 9.10. The second-order valence-electron chi connectivity index (χ2n) is 4.62. The highest BCUT2D eigenvalue weighted by Gasteiger charge is 2.16. The van der Waals surface area contributed by atoms with Crippen LogP contribution in [-0.2, 0) is 0 Å². The van der Waals surface area contributed by atoms with Crippen LogP contribution in [0.1, 0.15) is 11.6 Å². The molecule has 0 amide bonds. The molecule has 5 heteroatoms. The maximum atomic E-state index is 9.42. The molecular formula is C16H13BrN2O2. The normalized spacial score (nSPS) is 14.1. The van der Waals surface area contributed by atoms with Crippen molar-refractivity contribution in [1.82, 2.24) is 0 Å². The number of nitriles is 1. The lowest BCUT2D eigenvalue weighted by molar-refractivity contribution is 0.171. The number of hydrogen-bond donors (Lipinski definition) is 1. The maximum absolute atomic E-state index is 9.42. The predicted octanol–water partition coefficient (Wildman–Crippen LogP) is 3.90. The number of halogens is 1. The van der Waals surface area contributed by atoms with Crippen molar-refractivity contribution in [2.45, 2.75) is 6.04 Å². The molecule has 21 heavy (non-hydrogen) atoms. The third-order valence-corrected chi connectivity index (χ3v) is 3.66. The van der Waals surface area contributed by atoms with Gasteiger partial charge < -0.3 is 14.8 Å². The zero-order valence-corrected chi connectivity index (χ0v) is 12.8. The van der Waals surface area contributed by atoms with E-state index in [1.807, 2.05) is 42.5 Å². The van der Waals surface area contributed by atoms with Crippen LogP contribution in [0.2, 0.25) is 0 Å². The summed E-state index contributed by atoms with van der Waals surface area (Å²) < 4.78 is 12.0. The Kier molecular flexibility index (Phi) is 3.98. The molecule has 0 aliphatic carbocycles. The van der Waals surface area contributed by atoms with E-state index >= 15 is 0 Å². The monoisotopic (exact) mass is 344 g/mol. The van der Waals surface area contributed by atoms with Gasteiger partial charge in [-0.2, -0.15) is 5.26 Å². The first kappa shape index (κ1) is 13.8. The standard InChI is InChI=1S/C16H13BrN2O2/c17-12-2-1-3-13(9-12)19-14(10-18)11-4-5-15-16(8-11)21-7-6-20-15/h1-5,8-9,14,19H,6-7H2. The smallest absolute Gasteiger partial charge is 0.161 e. The van der Waals surface area contributed by atoms with Gasteiger partial charge in [0, 0.05) is 10.2 Å². The molecule has 0 saturated carbocycles. The number of rotatable bonds is 3. The fourth-order valence-electron chi connectivity index (χ4n) is 2.17. The van der Waals surface area contributed by atoms with Crippen LogP contribution in [0, 0.1) is 11.3 Å². The van der Waals surface area contributed by atoms with Gasteiger partial charge in [-0.05, 0) is 35.9 Å². The average molecular weight is 345 g/mol. The number of hydrogen-bond acceptors (Lipinski definition) is 4. The van der Waals surface area contributed by atoms with Crippen LogP contribution in [0.5, 0.6) is 11.5 Å². The van der Waals surface area contributed by atoms with Crippen molar-refractivity contribution in [3.8, 4) is 17.6 Å². The Balaban J connectivity index is 1.85. The molecule has 1 N–H and O–H groups in total. The highest BCUT2D eigenvalue weighted by atomic mass is 79.9. The Hall–Kier alpha value is -2.19. The second kappa shape index (κ2) is 6.06. The zero-order chi connectivity index (χ0) is 14.7. The fraction of sp³-hybridized carbons (Fsp3) is 0.188. The number of ether oxygens (including phenoxy) is 2. The first-order valence-corrected chi connectivity index (χ1v) is 7.37. The summed E-state index contributed by atoms with van der Waals surface area (Å²) in [6.45, 7) is 1.09. The minimum absolute atomic E-state index is 0.449. The summed E-state index contributed by atoms with van der Waals surface area (Å²) in [6.07, 6.45) is 0. The fourth-order valence-corrected chi connectivity index (χ4v) is 2.57. The molecule has 1 atom stereocenters. The van der Waals surface area contributed by atoms with Gasteiger partial charge in [0.15, 0.2) is 11.5 Å². The van der Waals surface area contributed by atoms with Gasteiger partial charge >= 0.3 is 0 Å². The summed E-state index contributed by atoms with van der Waals surface area (Å²) >= 11 is 3.42. The van der Waals surface area contributed by atoms with Crippen LogP contribution in [0.25, 0.3) is 0 Å². The van der Waals surface area contributed by atoms with Gasteiger partial charge in [-0.3, -0.25) is 0 Å². The van der Waals surface area contributed by atoms with Crippen LogP contribution in [0.3, 0.4) is 0 Å². The average Bonchev–Trinajstić information content (AvgIpc) is 2.52. The van der Waals surface area contributed by atoms with E-state index in [-0.39, 0.29) is 0 Å². The molecule has 1 aliphatic heterocycles. The SMILES string of the molecule is N#CC(Nc1cccc(Br)c1)c1ccc2c(c1)OCCO2. The number of benzene rings is 2. The highest BCUT2D eigenvalue weighted by Crippen LogP contribution is 2.33. The van der Waals surface area contributed by atoms with Crippen molar-refractivity contribution >= 4 is 21.6 Å². The summed E-state index contributed by atoms with van der Waals surface area (Å²) in [7, 11) is 0. The molecule has 2 aromatic rings. The number of nitrogens with one attached hydrogen (secondary N) is 1. The van der Waals surface area contributed by atoms with Crippen molar-refractivity contribution in [2.75, 3.05) is 18.5 Å². The Labute approximate surface area is 131 Å². The van der Waals surface area contributed by atoms with Gasteiger partial charge in [0.25, 0.3) is 0 Å². The molecular weight excluding hydrogens is 332 g/mol. The van der Waals surface area contributed by atoms with E-state index in [1.165, 1.54) is 0 Å². The maximum Gasteiger partial charge on any atom is 0.161 e. The Morgan fingerprint density at radius 1 is 1.10 bits per heavy atom. The molecule has 0 aromatic heterocycles. The molecule has 0 saturated heterocycles. The minimum Gasteiger partial charge on any atom is -0.486 e. The summed E-state index contributed by atoms with van der Waals surface area (Å²) in [5, 5.41) is 12.6. The van der Waals surface area contributed by atoms with Gasteiger partial charge in [-0.15, -0.1) is 0 Å². The molecule has 0 spiro atoms. The van der Waals surface area contributed by atoms with E-state index in [1.54, 1.807) is 0 Å². The predicted molar refractivity (Wildman–Crippen MR) is 83.6 cm³/mol. The topological polar surface area (TPSA) is 54.3 Å². The van der Waals surface area contributed by atoms with Gasteiger partial charge in [0.1, 0.15) is 19.3 Å². The third-order valence-electron chi connectivity index (χ3n) is 3.16. The Morgan fingerprint density at radius 2 is 1.90 bits per heavy atom. The lowest BCUT2D eigenvalue weighted by Gasteiger charge is -2.20. The van der Waals surface area contributed by atoms with Crippen LogP contribution in [0.15, 0.2) is 46.9 Å². The van der Waals surface area contributed by atoms with Gasteiger partial charge in [0.2, 0.25) is 0 Å². The van der Waals surface area contributed by atoms with Crippen LogP contribution in [-0.4, -0.2) is 13.2 Å². The summed E-state index contributed by atoms with van der Waals surface area (Å²) in [4.78, 5) is 0. The van der Waals surface area contributed by atoms with Gasteiger partial charge in [-0.1, -0.05) is 28.1 Å². The molecule has 1 heterocycles. The van der Waals surface area contributed by atoms with E-state index in [4.69, 9.17) is 9.47 Å². The zero-order valence-electron chi connectivity index (χ0n) is 11.2. The molecule has 4 nitrogen and oxygen atoms in total. The minimum atomic E-state index is -0.449. The van der Waals surface area contributed by atoms with Crippen molar-refractivity contribution in [3.05, 3.63) is 52.5 Å². The molecule has 2 aromatic carbocycles. The first-order chi connectivity index (χ1) is 10.3. The largest absolute Gasteiger partial charge is 0.486 e. The summed E-state index contributed by atoms with van der Waals surface area (Å²) in [5.74, 6) is 1.42. The Morgan fingerprint density at radius 3 is 2.67 bits per heavy atom. The van der Waals surface area contributed by atoms with E-state index in [0.717, 1.165) is 21.5 Å². The third kappa shape index (κ3) is 3.11. The van der Waals surface area contributed by atoms with Crippen LogP contribution in [0.4, 0.5) is 5.69 Å². The second-order valence-corrected chi connectivity index (χ2v) is 5.54. The van der Waals surface area contributed by atoms with Crippen LogP contribution >= 0.6 is 15.9 Å². The van der Waals surface area contributed by atoms with Crippen molar-refractivity contribution in [2.24, 2.45) is 0 Å². The molecule has 1 aliphatic rings. The summed E-state index contributed by atoms with van der Waals surface area (Å²) in [6, 6.07) is 15.1. The van der Waals surface area contributed by atoms with Crippen molar-refractivity contribution in [3.63, 3.8) is 0 Å². The molecule has 0 bridgehead atoms. The number of nitrogens with zero attached hydrogens (tertiary/aromatic N) is 1. The van der Waals surface area contributed by atoms with E-state index < -0.39 is 6.04 Å². The molecule has 0 fully saturated rings. The van der Waals surface area contributed by atoms with Crippen molar-refractivity contribution < 1.29 is 9.47 Å². The number of fused-ring (bicyclic) bond motifs is 1. The molecule has 1 unspecified atom stereocenters. The van der Waals surface area contributed by atoms with E-state index in [9.17, 15) is 5.26 Å². The summed E-state index contributed by atoms with van der Waals surface area (Å²) in [5.41, 5.74) is 1.73. The lowest BCUT2D eigenvalue weighted by atomic mass is 10.1.